The third kappa shape index (κ3) is 4.16. The summed E-state index contributed by atoms with van der Waals surface area (Å²) >= 11 is 0. The first-order valence-corrected chi connectivity index (χ1v) is 10.1. The van der Waals surface area contributed by atoms with E-state index < -0.39 is 0 Å². The van der Waals surface area contributed by atoms with Gasteiger partial charge >= 0.3 is 0 Å². The van der Waals surface area contributed by atoms with Crippen LogP contribution in [0.4, 0.5) is 0 Å². The standard InChI is InChI=1S/C24H27N3O/c1-16-14-21-22(15-17(16)2)27-24(26-21)19-11-8-18(9-12-19)10-13-23(28)25-20-6-4-3-5-7-20/h8-15,20H,3-7H2,1-2H3,(H,25,28)(H,26,27)/b13-10+. The molecule has 1 fully saturated rings. The molecule has 0 aliphatic heterocycles. The second-order valence-electron chi connectivity index (χ2n) is 7.84. The number of aromatic nitrogens is 2. The van der Waals surface area contributed by atoms with Crippen molar-refractivity contribution >= 4 is 23.0 Å². The minimum Gasteiger partial charge on any atom is -0.350 e. The topological polar surface area (TPSA) is 57.8 Å². The van der Waals surface area contributed by atoms with E-state index in [-0.39, 0.29) is 5.91 Å². The Morgan fingerprint density at radius 1 is 1.07 bits per heavy atom. The van der Waals surface area contributed by atoms with E-state index in [1.54, 1.807) is 6.08 Å². The van der Waals surface area contributed by atoms with Crippen molar-refractivity contribution in [3.63, 3.8) is 0 Å². The first kappa shape index (κ1) is 18.5. The molecule has 0 unspecified atom stereocenters. The fraction of sp³-hybridized carbons (Fsp3) is 0.333. The molecule has 1 aliphatic carbocycles. The molecule has 0 bridgehead atoms. The predicted molar refractivity (Wildman–Crippen MR) is 115 cm³/mol. The van der Waals surface area contributed by atoms with E-state index in [2.05, 4.69) is 36.3 Å². The van der Waals surface area contributed by atoms with Gasteiger partial charge in [-0.15, -0.1) is 0 Å². The molecule has 1 heterocycles. The van der Waals surface area contributed by atoms with Crippen molar-refractivity contribution < 1.29 is 4.79 Å². The fourth-order valence-corrected chi connectivity index (χ4v) is 3.83. The molecule has 1 aromatic heterocycles. The highest BCUT2D eigenvalue weighted by molar-refractivity contribution is 5.92. The molecule has 1 saturated carbocycles. The summed E-state index contributed by atoms with van der Waals surface area (Å²) in [5.74, 6) is 0.865. The van der Waals surface area contributed by atoms with Gasteiger partial charge in [-0.25, -0.2) is 4.98 Å². The van der Waals surface area contributed by atoms with Gasteiger partial charge in [0.1, 0.15) is 5.82 Å². The molecule has 0 atom stereocenters. The van der Waals surface area contributed by atoms with Gasteiger partial charge in [-0.1, -0.05) is 43.5 Å². The summed E-state index contributed by atoms with van der Waals surface area (Å²) in [6.45, 7) is 4.22. The van der Waals surface area contributed by atoms with Crippen LogP contribution in [-0.4, -0.2) is 21.9 Å². The molecule has 4 nitrogen and oxygen atoms in total. The number of H-pyrrole nitrogens is 1. The highest BCUT2D eigenvalue weighted by Gasteiger charge is 2.14. The number of carbonyl (C=O) groups is 1. The van der Waals surface area contributed by atoms with E-state index in [1.807, 2.05) is 30.3 Å². The van der Waals surface area contributed by atoms with Crippen LogP contribution >= 0.6 is 0 Å². The molecule has 0 radical (unpaired) electrons. The second-order valence-corrected chi connectivity index (χ2v) is 7.84. The summed E-state index contributed by atoms with van der Waals surface area (Å²) in [6.07, 6.45) is 9.44. The molecule has 1 amide bonds. The number of amides is 1. The summed E-state index contributed by atoms with van der Waals surface area (Å²) < 4.78 is 0. The summed E-state index contributed by atoms with van der Waals surface area (Å²) in [5, 5.41) is 3.11. The van der Waals surface area contributed by atoms with Gasteiger partial charge in [-0.2, -0.15) is 0 Å². The number of fused-ring (bicyclic) bond motifs is 1. The maximum absolute atomic E-state index is 12.1. The van der Waals surface area contributed by atoms with Gasteiger partial charge in [0, 0.05) is 17.7 Å². The highest BCUT2D eigenvalue weighted by Crippen LogP contribution is 2.23. The lowest BCUT2D eigenvalue weighted by atomic mass is 9.95. The van der Waals surface area contributed by atoms with Gasteiger partial charge in [0.05, 0.1) is 11.0 Å². The van der Waals surface area contributed by atoms with Crippen molar-refractivity contribution in [1.29, 1.82) is 0 Å². The number of nitrogens with one attached hydrogen (secondary N) is 2. The third-order valence-electron chi connectivity index (χ3n) is 5.66. The number of rotatable bonds is 4. The lowest BCUT2D eigenvalue weighted by molar-refractivity contribution is -0.117. The number of hydrogen-bond acceptors (Lipinski definition) is 2. The van der Waals surface area contributed by atoms with Crippen molar-refractivity contribution in [2.24, 2.45) is 0 Å². The monoisotopic (exact) mass is 373 g/mol. The molecule has 28 heavy (non-hydrogen) atoms. The number of aryl methyl sites for hydroxylation is 2. The lowest BCUT2D eigenvalue weighted by Gasteiger charge is -2.21. The van der Waals surface area contributed by atoms with Crippen LogP contribution in [0, 0.1) is 13.8 Å². The molecule has 4 heteroatoms. The normalized spacial score (nSPS) is 15.4. The Morgan fingerprint density at radius 2 is 1.79 bits per heavy atom. The maximum atomic E-state index is 12.1. The SMILES string of the molecule is Cc1cc2nc(-c3ccc(/C=C/C(=O)NC4CCCCC4)cc3)[nH]c2cc1C. The first-order valence-electron chi connectivity index (χ1n) is 10.1. The number of benzene rings is 2. The summed E-state index contributed by atoms with van der Waals surface area (Å²) in [5.41, 5.74) is 6.59. The number of hydrogen-bond donors (Lipinski definition) is 2. The van der Waals surface area contributed by atoms with Crippen LogP contribution < -0.4 is 5.32 Å². The van der Waals surface area contributed by atoms with Gasteiger partial charge in [0.25, 0.3) is 0 Å². The Labute approximate surface area is 166 Å². The second kappa shape index (κ2) is 8.01. The molecule has 144 valence electrons. The molecular weight excluding hydrogens is 346 g/mol. The third-order valence-corrected chi connectivity index (χ3v) is 5.66. The van der Waals surface area contributed by atoms with Gasteiger partial charge in [0.15, 0.2) is 0 Å². The van der Waals surface area contributed by atoms with E-state index in [0.29, 0.717) is 6.04 Å². The zero-order valence-electron chi connectivity index (χ0n) is 16.6. The van der Waals surface area contributed by atoms with Crippen LogP contribution in [0.3, 0.4) is 0 Å². The van der Waals surface area contributed by atoms with Crippen LogP contribution in [0.1, 0.15) is 48.8 Å². The molecule has 4 rings (SSSR count). The van der Waals surface area contributed by atoms with Crippen LogP contribution in [0.15, 0.2) is 42.5 Å². The van der Waals surface area contributed by atoms with Gasteiger partial charge in [0.2, 0.25) is 5.91 Å². The highest BCUT2D eigenvalue weighted by atomic mass is 16.1. The largest absolute Gasteiger partial charge is 0.350 e. The van der Waals surface area contributed by atoms with Crippen molar-refractivity contribution in [3.8, 4) is 11.4 Å². The Morgan fingerprint density at radius 3 is 2.54 bits per heavy atom. The minimum absolute atomic E-state index is 0.000926. The van der Waals surface area contributed by atoms with E-state index in [1.165, 1.54) is 30.4 Å². The fourth-order valence-electron chi connectivity index (χ4n) is 3.83. The number of nitrogens with zero attached hydrogens (tertiary/aromatic N) is 1. The summed E-state index contributed by atoms with van der Waals surface area (Å²) in [4.78, 5) is 20.2. The Balaban J connectivity index is 1.44. The van der Waals surface area contributed by atoms with Crippen molar-refractivity contribution in [1.82, 2.24) is 15.3 Å². The summed E-state index contributed by atoms with van der Waals surface area (Å²) in [6, 6.07) is 12.7. The molecule has 2 aromatic carbocycles. The van der Waals surface area contributed by atoms with Gasteiger partial charge < -0.3 is 10.3 Å². The van der Waals surface area contributed by atoms with Crippen LogP contribution in [0.5, 0.6) is 0 Å². The van der Waals surface area contributed by atoms with Crippen molar-refractivity contribution in [2.75, 3.05) is 0 Å². The Hall–Kier alpha value is -2.88. The van der Waals surface area contributed by atoms with Crippen LogP contribution in [0.25, 0.3) is 28.5 Å². The Bertz CT molecular complexity index is 969. The van der Waals surface area contributed by atoms with E-state index in [4.69, 9.17) is 4.98 Å². The maximum Gasteiger partial charge on any atom is 0.244 e. The molecule has 0 spiro atoms. The van der Waals surface area contributed by atoms with Crippen molar-refractivity contribution in [3.05, 3.63) is 59.2 Å². The average molecular weight is 374 g/mol. The van der Waals surface area contributed by atoms with Crippen LogP contribution in [-0.2, 0) is 4.79 Å². The predicted octanol–water partition coefficient (Wildman–Crippen LogP) is 5.31. The van der Waals surface area contributed by atoms with E-state index >= 15 is 0 Å². The number of carbonyl (C=O) groups excluding carboxylic acids is 1. The molecule has 3 aromatic rings. The number of imidazole rings is 1. The van der Waals surface area contributed by atoms with Crippen molar-refractivity contribution in [2.45, 2.75) is 52.0 Å². The van der Waals surface area contributed by atoms with E-state index in [9.17, 15) is 4.79 Å². The Kier molecular flexibility index (Phi) is 5.29. The molecule has 0 saturated heterocycles. The average Bonchev–Trinajstić information content (AvgIpc) is 3.10. The van der Waals surface area contributed by atoms with Gasteiger partial charge in [-0.3, -0.25) is 4.79 Å². The smallest absolute Gasteiger partial charge is 0.244 e. The summed E-state index contributed by atoms with van der Waals surface area (Å²) in [7, 11) is 0. The molecular formula is C24H27N3O. The van der Waals surface area contributed by atoms with E-state index in [0.717, 1.165) is 40.8 Å². The van der Waals surface area contributed by atoms with Crippen LogP contribution in [0.2, 0.25) is 0 Å². The van der Waals surface area contributed by atoms with Gasteiger partial charge in [-0.05, 0) is 61.6 Å². The quantitative estimate of drug-likeness (QED) is 0.609. The molecule has 1 aliphatic rings. The molecule has 2 N–H and O–H groups in total. The zero-order valence-corrected chi connectivity index (χ0v) is 16.6. The lowest BCUT2D eigenvalue weighted by Crippen LogP contribution is -2.34. The number of aromatic amines is 1. The minimum atomic E-state index is -0.000926. The first-order chi connectivity index (χ1) is 13.6. The zero-order chi connectivity index (χ0) is 19.5.